The van der Waals surface area contributed by atoms with Gasteiger partial charge in [0.15, 0.2) is 0 Å². The first kappa shape index (κ1) is 13.2. The SMILES string of the molecule is CC(C)CCC(=O)CSc1ccc(F)cc1. The lowest BCUT2D eigenvalue weighted by molar-refractivity contribution is -0.116. The second-order valence-electron chi connectivity index (χ2n) is 4.21. The van der Waals surface area contributed by atoms with E-state index in [0.29, 0.717) is 18.1 Å². The molecule has 0 spiro atoms. The molecule has 16 heavy (non-hydrogen) atoms. The molecule has 1 nitrogen and oxygen atoms in total. The zero-order valence-corrected chi connectivity index (χ0v) is 10.5. The van der Waals surface area contributed by atoms with Crippen LogP contribution in [0, 0.1) is 11.7 Å². The second kappa shape index (κ2) is 6.69. The largest absolute Gasteiger partial charge is 0.299 e. The molecule has 0 aromatic heterocycles. The van der Waals surface area contributed by atoms with Crippen molar-refractivity contribution in [1.82, 2.24) is 0 Å². The minimum absolute atomic E-state index is 0.240. The van der Waals surface area contributed by atoms with E-state index in [1.165, 1.54) is 23.9 Å². The maximum atomic E-state index is 12.6. The van der Waals surface area contributed by atoms with E-state index in [9.17, 15) is 9.18 Å². The zero-order chi connectivity index (χ0) is 12.0. The predicted molar refractivity (Wildman–Crippen MR) is 66.2 cm³/mol. The minimum atomic E-state index is -0.240. The highest BCUT2D eigenvalue weighted by atomic mass is 32.2. The van der Waals surface area contributed by atoms with Crippen molar-refractivity contribution in [3.8, 4) is 0 Å². The van der Waals surface area contributed by atoms with E-state index >= 15 is 0 Å². The van der Waals surface area contributed by atoms with Crippen LogP contribution < -0.4 is 0 Å². The Hall–Kier alpha value is -0.830. The second-order valence-corrected chi connectivity index (χ2v) is 5.26. The summed E-state index contributed by atoms with van der Waals surface area (Å²) in [5.74, 6) is 1.08. The van der Waals surface area contributed by atoms with Gasteiger partial charge in [-0.1, -0.05) is 13.8 Å². The van der Waals surface area contributed by atoms with Crippen LogP contribution in [0.25, 0.3) is 0 Å². The van der Waals surface area contributed by atoms with Crippen LogP contribution in [0.5, 0.6) is 0 Å². The summed E-state index contributed by atoms with van der Waals surface area (Å²) in [6.45, 7) is 4.22. The lowest BCUT2D eigenvalue weighted by atomic mass is 10.1. The van der Waals surface area contributed by atoms with Crippen molar-refractivity contribution in [2.24, 2.45) is 5.92 Å². The Labute approximate surface area is 100 Å². The summed E-state index contributed by atoms with van der Waals surface area (Å²) >= 11 is 1.47. The maximum Gasteiger partial charge on any atom is 0.143 e. The molecule has 1 aromatic rings. The quantitative estimate of drug-likeness (QED) is 0.701. The van der Waals surface area contributed by atoms with Crippen LogP contribution in [0.4, 0.5) is 4.39 Å². The summed E-state index contributed by atoms with van der Waals surface area (Å²) in [6.07, 6.45) is 1.59. The summed E-state index contributed by atoms with van der Waals surface area (Å²) < 4.78 is 12.6. The molecule has 1 rings (SSSR count). The topological polar surface area (TPSA) is 17.1 Å². The van der Waals surface area contributed by atoms with Crippen LogP contribution in [0.15, 0.2) is 29.2 Å². The fourth-order valence-electron chi connectivity index (χ4n) is 1.22. The summed E-state index contributed by atoms with van der Waals surface area (Å²) in [5, 5.41) is 0. The van der Waals surface area contributed by atoms with Crippen LogP contribution in [-0.4, -0.2) is 11.5 Å². The van der Waals surface area contributed by atoms with Gasteiger partial charge in [-0.15, -0.1) is 11.8 Å². The van der Waals surface area contributed by atoms with E-state index in [1.807, 2.05) is 0 Å². The number of hydrogen-bond donors (Lipinski definition) is 0. The molecule has 0 atom stereocenters. The number of Topliss-reactive ketones (excluding diaryl/α,β-unsaturated/α-hetero) is 1. The number of benzene rings is 1. The molecule has 0 aliphatic rings. The van der Waals surface area contributed by atoms with Crippen LogP contribution >= 0.6 is 11.8 Å². The van der Waals surface area contributed by atoms with Crippen molar-refractivity contribution in [3.05, 3.63) is 30.1 Å². The van der Waals surface area contributed by atoms with Crippen molar-refractivity contribution in [2.45, 2.75) is 31.6 Å². The van der Waals surface area contributed by atoms with E-state index in [2.05, 4.69) is 13.8 Å². The smallest absolute Gasteiger partial charge is 0.143 e. The number of carbonyl (C=O) groups is 1. The first-order valence-electron chi connectivity index (χ1n) is 5.48. The Kier molecular flexibility index (Phi) is 5.53. The lowest BCUT2D eigenvalue weighted by Crippen LogP contribution is -2.03. The number of rotatable bonds is 6. The van der Waals surface area contributed by atoms with Gasteiger partial charge in [0.1, 0.15) is 11.6 Å². The normalized spacial score (nSPS) is 10.8. The van der Waals surface area contributed by atoms with Gasteiger partial charge in [0.2, 0.25) is 0 Å². The van der Waals surface area contributed by atoms with Gasteiger partial charge in [-0.2, -0.15) is 0 Å². The highest BCUT2D eigenvalue weighted by Crippen LogP contribution is 2.19. The van der Waals surface area contributed by atoms with Gasteiger partial charge in [0.25, 0.3) is 0 Å². The van der Waals surface area contributed by atoms with E-state index in [-0.39, 0.29) is 11.6 Å². The Morgan fingerprint density at radius 3 is 2.50 bits per heavy atom. The molecule has 0 saturated carbocycles. The molecule has 0 bridgehead atoms. The zero-order valence-electron chi connectivity index (χ0n) is 9.70. The molecular weight excluding hydrogens is 223 g/mol. The molecule has 0 fully saturated rings. The van der Waals surface area contributed by atoms with Gasteiger partial charge in [-0.05, 0) is 36.6 Å². The number of halogens is 1. The summed E-state index contributed by atoms with van der Waals surface area (Å²) in [7, 11) is 0. The Morgan fingerprint density at radius 2 is 1.94 bits per heavy atom. The molecule has 1 aromatic carbocycles. The van der Waals surface area contributed by atoms with E-state index in [1.54, 1.807) is 12.1 Å². The van der Waals surface area contributed by atoms with Crippen LogP contribution in [0.3, 0.4) is 0 Å². The molecule has 0 unspecified atom stereocenters. The average Bonchev–Trinajstić information content (AvgIpc) is 2.25. The van der Waals surface area contributed by atoms with E-state index in [0.717, 1.165) is 11.3 Å². The fraction of sp³-hybridized carbons (Fsp3) is 0.462. The van der Waals surface area contributed by atoms with Gasteiger partial charge in [0, 0.05) is 11.3 Å². The molecule has 0 saturated heterocycles. The monoisotopic (exact) mass is 240 g/mol. The highest BCUT2D eigenvalue weighted by molar-refractivity contribution is 8.00. The van der Waals surface area contributed by atoms with Crippen LogP contribution in [0.2, 0.25) is 0 Å². The first-order chi connectivity index (χ1) is 7.58. The van der Waals surface area contributed by atoms with Gasteiger partial charge in [-0.25, -0.2) is 4.39 Å². The van der Waals surface area contributed by atoms with Gasteiger partial charge >= 0.3 is 0 Å². The number of ketones is 1. The number of carbonyl (C=O) groups excluding carboxylic acids is 1. The minimum Gasteiger partial charge on any atom is -0.299 e. The molecule has 0 amide bonds. The summed E-state index contributed by atoms with van der Waals surface area (Å²) in [5.41, 5.74) is 0. The van der Waals surface area contributed by atoms with Crippen molar-refractivity contribution in [2.75, 3.05) is 5.75 Å². The van der Waals surface area contributed by atoms with E-state index < -0.39 is 0 Å². The predicted octanol–water partition coefficient (Wildman–Crippen LogP) is 3.92. The third kappa shape index (κ3) is 5.31. The third-order valence-electron chi connectivity index (χ3n) is 2.21. The molecule has 3 heteroatoms. The van der Waals surface area contributed by atoms with Crippen molar-refractivity contribution >= 4 is 17.5 Å². The molecule has 0 aliphatic carbocycles. The van der Waals surface area contributed by atoms with Crippen LogP contribution in [0.1, 0.15) is 26.7 Å². The Bertz CT molecular complexity index is 332. The van der Waals surface area contributed by atoms with Crippen molar-refractivity contribution in [1.29, 1.82) is 0 Å². The molecule has 0 aliphatic heterocycles. The Morgan fingerprint density at radius 1 is 1.31 bits per heavy atom. The maximum absolute atomic E-state index is 12.6. The molecule has 0 N–H and O–H groups in total. The number of hydrogen-bond acceptors (Lipinski definition) is 2. The lowest BCUT2D eigenvalue weighted by Gasteiger charge is -2.04. The molecule has 88 valence electrons. The fourth-order valence-corrected chi connectivity index (χ4v) is 2.02. The van der Waals surface area contributed by atoms with Crippen molar-refractivity contribution in [3.63, 3.8) is 0 Å². The Balaban J connectivity index is 2.29. The standard InChI is InChI=1S/C13H17FOS/c1-10(2)3-6-12(15)9-16-13-7-4-11(14)5-8-13/h4-5,7-8,10H,3,6,9H2,1-2H3. The van der Waals surface area contributed by atoms with Crippen LogP contribution in [-0.2, 0) is 4.79 Å². The van der Waals surface area contributed by atoms with Gasteiger partial charge < -0.3 is 0 Å². The highest BCUT2D eigenvalue weighted by Gasteiger charge is 2.04. The average molecular weight is 240 g/mol. The third-order valence-corrected chi connectivity index (χ3v) is 3.29. The molecule has 0 radical (unpaired) electrons. The first-order valence-corrected chi connectivity index (χ1v) is 6.46. The summed E-state index contributed by atoms with van der Waals surface area (Å²) in [6, 6.07) is 6.24. The van der Waals surface area contributed by atoms with E-state index in [4.69, 9.17) is 0 Å². The summed E-state index contributed by atoms with van der Waals surface area (Å²) in [4.78, 5) is 12.4. The van der Waals surface area contributed by atoms with Gasteiger partial charge in [-0.3, -0.25) is 4.79 Å². The number of thioether (sulfide) groups is 1. The molecular formula is C13H17FOS. The van der Waals surface area contributed by atoms with Gasteiger partial charge in [0.05, 0.1) is 5.75 Å². The molecule has 0 heterocycles. The van der Waals surface area contributed by atoms with Crippen molar-refractivity contribution < 1.29 is 9.18 Å².